The highest BCUT2D eigenvalue weighted by Gasteiger charge is 2.26. The number of rotatable bonds is 10. The average molecular weight is 705 g/mol. The van der Waals surface area contributed by atoms with E-state index in [-0.39, 0.29) is 24.4 Å². The normalized spacial score (nSPS) is 13.2. The molecule has 1 fully saturated rings. The van der Waals surface area contributed by atoms with Gasteiger partial charge in [-0.15, -0.1) is 5.10 Å². The summed E-state index contributed by atoms with van der Waals surface area (Å²) >= 11 is 0. The maximum Gasteiger partial charge on any atom is 0.253 e. The molecule has 0 saturated carbocycles. The zero-order chi connectivity index (χ0) is 36.1. The molecule has 1 saturated heterocycles. The van der Waals surface area contributed by atoms with Gasteiger partial charge in [-0.2, -0.15) is 5.10 Å². The number of nitrogens with zero attached hydrogens (tertiary/aromatic N) is 8. The minimum absolute atomic E-state index is 0.116. The van der Waals surface area contributed by atoms with Crippen LogP contribution in [-0.4, -0.2) is 76.6 Å². The molecular weight excluding hydrogens is 669 g/mol. The molecule has 3 aromatic heterocycles. The molecular formula is C40H36N10O3. The average Bonchev–Trinajstić information content (AvgIpc) is 3.99. The molecule has 4 aromatic carbocycles. The van der Waals surface area contributed by atoms with Crippen molar-refractivity contribution in [2.24, 2.45) is 0 Å². The Bertz CT molecular complexity index is 2380. The van der Waals surface area contributed by atoms with Crippen LogP contribution in [-0.2, 0) is 11.3 Å². The summed E-state index contributed by atoms with van der Waals surface area (Å²) in [5.41, 5.74) is 6.38. The maximum absolute atomic E-state index is 13.5. The van der Waals surface area contributed by atoms with Gasteiger partial charge in [-0.05, 0) is 73.0 Å². The van der Waals surface area contributed by atoms with E-state index in [1.54, 1.807) is 59.5 Å². The molecule has 2 N–H and O–H groups in total. The number of anilines is 1. The van der Waals surface area contributed by atoms with E-state index in [1.165, 1.54) is 11.7 Å². The summed E-state index contributed by atoms with van der Waals surface area (Å²) in [6.07, 6.45) is 6.50. The number of piperidine rings is 1. The second-order valence-electron chi connectivity index (χ2n) is 13.0. The number of carbonyl (C=O) groups is 3. The van der Waals surface area contributed by atoms with Crippen molar-refractivity contribution in [3.8, 4) is 16.9 Å². The quantitative estimate of drug-likeness (QED) is 0.195. The van der Waals surface area contributed by atoms with E-state index in [1.807, 2.05) is 34.0 Å². The first-order valence-electron chi connectivity index (χ1n) is 17.5. The molecule has 0 spiro atoms. The van der Waals surface area contributed by atoms with E-state index in [2.05, 4.69) is 78.1 Å². The molecule has 264 valence electrons. The molecule has 0 bridgehead atoms. The number of amides is 3. The Morgan fingerprint density at radius 1 is 0.811 bits per heavy atom. The van der Waals surface area contributed by atoms with Crippen molar-refractivity contribution in [2.75, 3.05) is 25.0 Å². The second kappa shape index (κ2) is 14.8. The summed E-state index contributed by atoms with van der Waals surface area (Å²) in [5.74, 6) is -0.963. The van der Waals surface area contributed by atoms with E-state index < -0.39 is 5.91 Å². The van der Waals surface area contributed by atoms with Gasteiger partial charge in [0.1, 0.15) is 18.3 Å². The fraction of sp³-hybridized carbons (Fsp3) is 0.175. The predicted molar refractivity (Wildman–Crippen MR) is 199 cm³/mol. The minimum atomic E-state index is -0.444. The van der Waals surface area contributed by atoms with Gasteiger partial charge in [0.25, 0.3) is 11.8 Å². The minimum Gasteiger partial charge on any atom is -0.343 e. The highest BCUT2D eigenvalue weighted by atomic mass is 16.2. The van der Waals surface area contributed by atoms with Crippen molar-refractivity contribution in [1.82, 2.24) is 44.5 Å². The molecule has 3 amide bonds. The van der Waals surface area contributed by atoms with Gasteiger partial charge < -0.3 is 20.1 Å². The van der Waals surface area contributed by atoms with Crippen molar-refractivity contribution < 1.29 is 14.4 Å². The van der Waals surface area contributed by atoms with Crippen LogP contribution in [0.25, 0.3) is 27.8 Å². The van der Waals surface area contributed by atoms with Crippen LogP contribution < -0.4 is 10.6 Å². The van der Waals surface area contributed by atoms with Gasteiger partial charge >= 0.3 is 0 Å². The Hall–Kier alpha value is -6.89. The van der Waals surface area contributed by atoms with Crippen molar-refractivity contribution in [3.05, 3.63) is 145 Å². The van der Waals surface area contributed by atoms with E-state index >= 15 is 0 Å². The summed E-state index contributed by atoms with van der Waals surface area (Å²) in [4.78, 5) is 44.7. The van der Waals surface area contributed by atoms with Crippen molar-refractivity contribution in [1.29, 1.82) is 0 Å². The number of aromatic nitrogens is 7. The highest BCUT2D eigenvalue weighted by molar-refractivity contribution is 6.02. The molecule has 1 aliphatic heterocycles. The number of hydrogen-bond acceptors (Lipinski definition) is 7. The standard InChI is InChI=1S/C40H36N10O3/c51-38(44-32-13-15-34(16-14-32)50-27-41-26-43-50)23-42-39(52)30-10-6-11-31(21-30)40(53)47-19-17-35(18-20-47)49-25-33(45-46-49)24-48-36-12-5-4-9-29(36)22-37(48)28-7-2-1-3-8-28/h1-16,21-22,25-27,35H,17-20,23-24H2,(H,42,52)(H,44,51). The van der Waals surface area contributed by atoms with Gasteiger partial charge in [0, 0.05) is 46.5 Å². The van der Waals surface area contributed by atoms with Crippen LogP contribution in [0.4, 0.5) is 5.69 Å². The molecule has 53 heavy (non-hydrogen) atoms. The van der Waals surface area contributed by atoms with E-state index in [9.17, 15) is 14.4 Å². The molecule has 0 aliphatic carbocycles. The van der Waals surface area contributed by atoms with Gasteiger partial charge in [-0.1, -0.05) is 59.8 Å². The summed E-state index contributed by atoms with van der Waals surface area (Å²) < 4.78 is 5.82. The maximum atomic E-state index is 13.5. The fourth-order valence-electron chi connectivity index (χ4n) is 6.77. The van der Waals surface area contributed by atoms with Gasteiger partial charge in [-0.3, -0.25) is 14.4 Å². The summed E-state index contributed by atoms with van der Waals surface area (Å²) in [5, 5.41) is 19.7. The lowest BCUT2D eigenvalue weighted by Crippen LogP contribution is -2.39. The third kappa shape index (κ3) is 7.31. The van der Waals surface area contributed by atoms with E-state index in [0.717, 1.165) is 41.0 Å². The molecule has 13 heteroatoms. The number of fused-ring (bicyclic) bond motifs is 1. The van der Waals surface area contributed by atoms with Gasteiger partial charge in [-0.25, -0.2) is 14.3 Å². The topological polar surface area (TPSA) is 145 Å². The molecule has 4 heterocycles. The van der Waals surface area contributed by atoms with Crippen LogP contribution >= 0.6 is 0 Å². The zero-order valence-corrected chi connectivity index (χ0v) is 28.7. The van der Waals surface area contributed by atoms with E-state index in [4.69, 9.17) is 0 Å². The van der Waals surface area contributed by atoms with Gasteiger partial charge in [0.05, 0.1) is 31.0 Å². The van der Waals surface area contributed by atoms with Crippen LogP contribution in [0.1, 0.15) is 45.3 Å². The Labute approximate surface area is 304 Å². The molecule has 13 nitrogen and oxygen atoms in total. The van der Waals surface area contributed by atoms with Gasteiger partial charge in [0.15, 0.2) is 0 Å². The molecule has 8 rings (SSSR count). The van der Waals surface area contributed by atoms with Crippen LogP contribution in [0.2, 0.25) is 0 Å². The summed E-state index contributed by atoms with van der Waals surface area (Å²) in [7, 11) is 0. The first-order chi connectivity index (χ1) is 26.0. The number of carbonyl (C=O) groups excluding carboxylic acids is 3. The molecule has 0 radical (unpaired) electrons. The SMILES string of the molecule is O=C(CNC(=O)c1cccc(C(=O)N2CCC(n3cc(Cn4c(-c5ccccc5)cc5ccccc54)nn3)CC2)c1)Nc1ccc(-n2cncn2)cc1. The summed E-state index contributed by atoms with van der Waals surface area (Å²) in [6, 6.07) is 34.7. The summed E-state index contributed by atoms with van der Waals surface area (Å²) in [6.45, 7) is 1.46. The van der Waals surface area contributed by atoms with Crippen LogP contribution in [0, 0.1) is 0 Å². The fourth-order valence-corrected chi connectivity index (χ4v) is 6.77. The van der Waals surface area contributed by atoms with Crippen molar-refractivity contribution >= 4 is 34.3 Å². The molecule has 0 unspecified atom stereocenters. The van der Waals surface area contributed by atoms with Crippen LogP contribution in [0.15, 0.2) is 128 Å². The van der Waals surface area contributed by atoms with Crippen molar-refractivity contribution in [3.63, 3.8) is 0 Å². The monoisotopic (exact) mass is 704 g/mol. The lowest BCUT2D eigenvalue weighted by atomic mass is 10.0. The van der Waals surface area contributed by atoms with Crippen molar-refractivity contribution in [2.45, 2.75) is 25.4 Å². The Morgan fingerprint density at radius 3 is 2.38 bits per heavy atom. The first-order valence-corrected chi connectivity index (χ1v) is 17.5. The van der Waals surface area contributed by atoms with Crippen LogP contribution in [0.3, 0.4) is 0 Å². The lowest BCUT2D eigenvalue weighted by molar-refractivity contribution is -0.115. The molecule has 0 atom stereocenters. The molecule has 7 aromatic rings. The smallest absolute Gasteiger partial charge is 0.253 e. The number of nitrogens with one attached hydrogen (secondary N) is 2. The number of likely N-dealkylation sites (tertiary alicyclic amines) is 1. The lowest BCUT2D eigenvalue weighted by Gasteiger charge is -2.32. The molecule has 1 aliphatic rings. The highest BCUT2D eigenvalue weighted by Crippen LogP contribution is 2.29. The van der Waals surface area contributed by atoms with Gasteiger partial charge in [0.2, 0.25) is 5.91 Å². The Balaban J connectivity index is 0.848. The van der Waals surface area contributed by atoms with Crippen LogP contribution in [0.5, 0.6) is 0 Å². The largest absolute Gasteiger partial charge is 0.343 e. The first kappa shape index (κ1) is 33.3. The second-order valence-corrected chi connectivity index (χ2v) is 13.0. The Kier molecular flexibility index (Phi) is 9.26. The Morgan fingerprint density at radius 2 is 1.58 bits per heavy atom. The number of hydrogen-bond donors (Lipinski definition) is 2. The van der Waals surface area contributed by atoms with E-state index in [0.29, 0.717) is 36.4 Å². The number of benzene rings is 4. The third-order valence-corrected chi connectivity index (χ3v) is 9.50. The predicted octanol–water partition coefficient (Wildman–Crippen LogP) is 5.37. The number of para-hydroxylation sites is 1. The zero-order valence-electron chi connectivity index (χ0n) is 28.7. The third-order valence-electron chi connectivity index (χ3n) is 9.50.